The molecule has 0 radical (unpaired) electrons. The molecule has 0 bridgehead atoms. The minimum absolute atomic E-state index is 0.110. The van der Waals surface area contributed by atoms with Crippen LogP contribution in [0.5, 0.6) is 17.2 Å². The minimum atomic E-state index is 0.110. The third kappa shape index (κ3) is 4.16. The predicted molar refractivity (Wildman–Crippen MR) is 119 cm³/mol. The monoisotopic (exact) mass is 525 g/mol. The first-order chi connectivity index (χ1) is 13.5. The first-order valence-corrected chi connectivity index (χ1v) is 10.5. The minimum Gasteiger partial charge on any atom is -0.506 e. The van der Waals surface area contributed by atoms with Crippen molar-refractivity contribution in [1.29, 1.82) is 0 Å². The molecule has 6 nitrogen and oxygen atoms in total. The highest BCUT2D eigenvalue weighted by Crippen LogP contribution is 2.34. The summed E-state index contributed by atoms with van der Waals surface area (Å²) < 4.78 is 14.0. The zero-order valence-corrected chi connectivity index (χ0v) is 19.3. The van der Waals surface area contributed by atoms with Crippen molar-refractivity contribution in [3.05, 3.63) is 55.0 Å². The number of hydrogen-bond acceptors (Lipinski definition) is 6. The smallest absolute Gasteiger partial charge is 0.205 e. The first-order valence-electron chi connectivity index (χ1n) is 8.06. The topological polar surface area (TPSA) is 68.3 Å². The number of aromatic hydroxyl groups is 1. The van der Waals surface area contributed by atoms with Gasteiger partial charge in [0.2, 0.25) is 4.80 Å². The molecule has 0 spiro atoms. The van der Waals surface area contributed by atoms with Gasteiger partial charge in [0.1, 0.15) is 17.2 Å². The lowest BCUT2D eigenvalue weighted by molar-refractivity contribution is 0.404. The molecule has 2 aromatic carbocycles. The number of nitrogens with zero attached hydrogens (tertiary/aromatic N) is 3. The Balaban J connectivity index is 2.16. The summed E-state index contributed by atoms with van der Waals surface area (Å²) in [6.07, 6.45) is 1.59. The van der Waals surface area contributed by atoms with Crippen molar-refractivity contribution in [3.63, 3.8) is 0 Å². The molecular weight excluding hydrogens is 510 g/mol. The average Bonchev–Trinajstić information content (AvgIpc) is 3.11. The van der Waals surface area contributed by atoms with E-state index in [9.17, 15) is 5.11 Å². The molecule has 1 heterocycles. The molecule has 9 heteroatoms. The van der Waals surface area contributed by atoms with Gasteiger partial charge in [0.05, 0.1) is 30.6 Å². The van der Waals surface area contributed by atoms with E-state index >= 15 is 0 Å². The molecule has 0 amide bonds. The zero-order chi connectivity index (χ0) is 20.3. The molecule has 28 heavy (non-hydrogen) atoms. The Bertz CT molecular complexity index is 1110. The van der Waals surface area contributed by atoms with Gasteiger partial charge in [0.15, 0.2) is 0 Å². The lowest BCUT2D eigenvalue weighted by Gasteiger charge is -2.11. The van der Waals surface area contributed by atoms with E-state index < -0.39 is 0 Å². The van der Waals surface area contributed by atoms with Crippen LogP contribution in [-0.2, 0) is 0 Å². The summed E-state index contributed by atoms with van der Waals surface area (Å²) in [6, 6.07) is 9.12. The molecule has 0 atom stereocenters. The van der Waals surface area contributed by atoms with Crippen LogP contribution >= 0.6 is 43.2 Å². The zero-order valence-electron chi connectivity index (χ0n) is 15.3. The van der Waals surface area contributed by atoms with Crippen LogP contribution in [0.2, 0.25) is 0 Å². The molecule has 1 N–H and O–H groups in total. The van der Waals surface area contributed by atoms with Crippen LogP contribution in [0.1, 0.15) is 5.56 Å². The number of hydrogen-bond donors (Lipinski definition) is 1. The van der Waals surface area contributed by atoms with Gasteiger partial charge >= 0.3 is 0 Å². The van der Waals surface area contributed by atoms with Crippen LogP contribution in [0.3, 0.4) is 0 Å². The van der Waals surface area contributed by atoms with Crippen molar-refractivity contribution in [2.24, 2.45) is 10.1 Å². The average molecular weight is 527 g/mol. The van der Waals surface area contributed by atoms with Crippen molar-refractivity contribution in [1.82, 2.24) is 4.68 Å². The van der Waals surface area contributed by atoms with Crippen molar-refractivity contribution in [2.75, 3.05) is 21.3 Å². The molecule has 3 aromatic rings. The molecule has 0 aliphatic heterocycles. The van der Waals surface area contributed by atoms with Crippen LogP contribution in [0.25, 0.3) is 11.3 Å². The standard InChI is InChI=1S/C19H17Br2N3O3S/c1-22-19-24(23-9-11-6-12(20)7-15(21)18(11)25)16(10-28-19)14-8-13(26-2)4-5-17(14)27-3/h4-10,25H,1-3H3/b22-19?,23-9+. The van der Waals surface area contributed by atoms with Gasteiger partial charge in [-0.05, 0) is 46.3 Å². The fourth-order valence-corrected chi connectivity index (χ4v) is 4.62. The van der Waals surface area contributed by atoms with E-state index in [0.29, 0.717) is 26.3 Å². The van der Waals surface area contributed by atoms with E-state index in [4.69, 9.17) is 9.47 Å². The number of halogens is 2. The van der Waals surface area contributed by atoms with Crippen LogP contribution in [0, 0.1) is 0 Å². The van der Waals surface area contributed by atoms with Crippen molar-refractivity contribution in [2.45, 2.75) is 0 Å². The highest BCUT2D eigenvalue weighted by Gasteiger charge is 2.14. The molecule has 0 aliphatic carbocycles. The summed E-state index contributed by atoms with van der Waals surface area (Å²) in [5.41, 5.74) is 2.18. The second-order valence-electron chi connectivity index (χ2n) is 5.58. The number of phenolic OH excluding ortho intramolecular Hbond substituents is 1. The van der Waals surface area contributed by atoms with E-state index in [1.807, 2.05) is 23.6 Å². The van der Waals surface area contributed by atoms with Crippen LogP contribution in [0.4, 0.5) is 0 Å². The highest BCUT2D eigenvalue weighted by molar-refractivity contribution is 9.11. The maximum absolute atomic E-state index is 10.3. The Labute approximate surface area is 183 Å². The largest absolute Gasteiger partial charge is 0.506 e. The predicted octanol–water partition coefficient (Wildman–Crippen LogP) is 4.88. The van der Waals surface area contributed by atoms with Gasteiger partial charge in [-0.2, -0.15) is 5.10 Å². The van der Waals surface area contributed by atoms with Crippen molar-refractivity contribution >= 4 is 49.4 Å². The summed E-state index contributed by atoms with van der Waals surface area (Å²) in [7, 11) is 4.94. The maximum atomic E-state index is 10.3. The Morgan fingerprint density at radius 3 is 2.61 bits per heavy atom. The summed E-state index contributed by atoms with van der Waals surface area (Å²) >= 11 is 8.21. The highest BCUT2D eigenvalue weighted by atomic mass is 79.9. The van der Waals surface area contributed by atoms with Gasteiger partial charge in [0, 0.05) is 28.0 Å². The lowest BCUT2D eigenvalue weighted by Crippen LogP contribution is -2.12. The number of rotatable bonds is 5. The Morgan fingerprint density at radius 1 is 1.14 bits per heavy atom. The van der Waals surface area contributed by atoms with Crippen molar-refractivity contribution in [3.8, 4) is 28.5 Å². The van der Waals surface area contributed by atoms with Crippen LogP contribution in [0.15, 0.2) is 54.8 Å². The van der Waals surface area contributed by atoms with Crippen LogP contribution in [-0.4, -0.2) is 37.3 Å². The summed E-state index contributed by atoms with van der Waals surface area (Å²) in [5.74, 6) is 1.51. The Morgan fingerprint density at radius 2 is 1.93 bits per heavy atom. The number of benzene rings is 2. The molecule has 0 aliphatic rings. The molecule has 0 unspecified atom stereocenters. The third-order valence-electron chi connectivity index (χ3n) is 3.93. The van der Waals surface area contributed by atoms with Gasteiger partial charge < -0.3 is 14.6 Å². The quantitative estimate of drug-likeness (QED) is 0.482. The second-order valence-corrected chi connectivity index (χ2v) is 8.18. The van der Waals surface area contributed by atoms with E-state index in [2.05, 4.69) is 42.0 Å². The third-order valence-corrected chi connectivity index (χ3v) is 5.90. The molecule has 0 fully saturated rings. The van der Waals surface area contributed by atoms with Gasteiger partial charge in [-0.3, -0.25) is 4.99 Å². The Kier molecular flexibility index (Phi) is 6.58. The fraction of sp³-hybridized carbons (Fsp3) is 0.158. The summed E-state index contributed by atoms with van der Waals surface area (Å²) in [5, 5.41) is 16.8. The summed E-state index contributed by atoms with van der Waals surface area (Å²) in [6.45, 7) is 0. The number of ether oxygens (including phenoxy) is 2. The second kappa shape index (κ2) is 8.93. The van der Waals surface area contributed by atoms with Crippen molar-refractivity contribution < 1.29 is 14.6 Å². The molecule has 0 saturated heterocycles. The van der Waals surface area contributed by atoms with Crippen LogP contribution < -0.4 is 14.3 Å². The summed E-state index contributed by atoms with van der Waals surface area (Å²) in [4.78, 5) is 5.00. The van der Waals surface area contributed by atoms with E-state index in [-0.39, 0.29) is 5.75 Å². The Hall–Kier alpha value is -2.10. The maximum Gasteiger partial charge on any atom is 0.205 e. The number of aromatic nitrogens is 1. The molecule has 3 rings (SSSR count). The normalized spacial score (nSPS) is 12.0. The van der Waals surface area contributed by atoms with Gasteiger partial charge in [-0.1, -0.05) is 15.9 Å². The number of phenols is 1. The van der Waals surface area contributed by atoms with E-state index in [1.54, 1.807) is 44.3 Å². The van der Waals surface area contributed by atoms with E-state index in [0.717, 1.165) is 15.7 Å². The molecule has 146 valence electrons. The molecule has 0 saturated carbocycles. The molecule has 1 aromatic heterocycles. The lowest BCUT2D eigenvalue weighted by atomic mass is 10.1. The van der Waals surface area contributed by atoms with Gasteiger partial charge in [0.25, 0.3) is 0 Å². The van der Waals surface area contributed by atoms with Gasteiger partial charge in [-0.15, -0.1) is 11.3 Å². The van der Waals surface area contributed by atoms with E-state index in [1.165, 1.54) is 11.3 Å². The number of thiazole rings is 1. The number of methoxy groups -OCH3 is 2. The fourth-order valence-electron chi connectivity index (χ4n) is 2.57. The van der Waals surface area contributed by atoms with Gasteiger partial charge in [-0.25, -0.2) is 4.68 Å². The first kappa shape index (κ1) is 20.6. The molecular formula is C19H17Br2N3O3S. The SMILES string of the molecule is CN=c1scc(-c2cc(OC)ccc2OC)n1/N=C/c1cc(Br)cc(Br)c1O.